The SMILES string of the molecule is O=C(N[C@@H](Cc1ccc([N+](=O)[O-])cc1)C(=O)N1CCOCC1)C(c1ccccc1)c1ccccc1. The van der Waals surface area contributed by atoms with E-state index in [2.05, 4.69) is 5.32 Å². The highest BCUT2D eigenvalue weighted by molar-refractivity contribution is 5.92. The highest BCUT2D eigenvalue weighted by Gasteiger charge is 2.31. The van der Waals surface area contributed by atoms with E-state index in [0.717, 1.165) is 16.7 Å². The van der Waals surface area contributed by atoms with Gasteiger partial charge in [-0.1, -0.05) is 72.8 Å². The Bertz CT molecular complexity index is 1110. The molecule has 1 aliphatic rings. The van der Waals surface area contributed by atoms with Gasteiger partial charge >= 0.3 is 0 Å². The maximum absolute atomic E-state index is 13.7. The van der Waals surface area contributed by atoms with E-state index in [9.17, 15) is 19.7 Å². The molecule has 3 aromatic rings. The Kier molecular flexibility index (Phi) is 7.84. The Labute approximate surface area is 203 Å². The van der Waals surface area contributed by atoms with Gasteiger partial charge in [0, 0.05) is 31.6 Å². The molecule has 4 rings (SSSR count). The molecule has 1 N–H and O–H groups in total. The lowest BCUT2D eigenvalue weighted by atomic mass is 9.90. The van der Waals surface area contributed by atoms with Gasteiger partial charge in [0.2, 0.25) is 11.8 Å². The van der Waals surface area contributed by atoms with Crippen molar-refractivity contribution in [2.75, 3.05) is 26.3 Å². The molecule has 0 unspecified atom stereocenters. The van der Waals surface area contributed by atoms with Crippen LogP contribution in [0.4, 0.5) is 5.69 Å². The number of amides is 2. The number of non-ortho nitro benzene ring substituents is 1. The average molecular weight is 474 g/mol. The zero-order chi connectivity index (χ0) is 24.6. The van der Waals surface area contributed by atoms with Crippen molar-refractivity contribution < 1.29 is 19.2 Å². The summed E-state index contributed by atoms with van der Waals surface area (Å²) in [6.45, 7) is 1.79. The van der Waals surface area contributed by atoms with Gasteiger partial charge < -0.3 is 15.0 Å². The van der Waals surface area contributed by atoms with Gasteiger partial charge in [0.25, 0.3) is 5.69 Å². The van der Waals surface area contributed by atoms with Crippen LogP contribution in [0.25, 0.3) is 0 Å². The van der Waals surface area contributed by atoms with Crippen molar-refractivity contribution in [2.24, 2.45) is 0 Å². The van der Waals surface area contributed by atoms with E-state index >= 15 is 0 Å². The van der Waals surface area contributed by atoms with Crippen molar-refractivity contribution in [3.05, 3.63) is 112 Å². The first-order valence-corrected chi connectivity index (χ1v) is 11.5. The van der Waals surface area contributed by atoms with Crippen LogP contribution >= 0.6 is 0 Å². The molecule has 1 atom stereocenters. The molecule has 0 saturated carbocycles. The van der Waals surface area contributed by atoms with E-state index < -0.39 is 16.9 Å². The predicted octanol–water partition coefficient (Wildman–Crippen LogP) is 3.31. The molecule has 180 valence electrons. The third-order valence-electron chi connectivity index (χ3n) is 6.05. The van der Waals surface area contributed by atoms with E-state index in [1.165, 1.54) is 12.1 Å². The van der Waals surface area contributed by atoms with Gasteiger partial charge in [0.1, 0.15) is 6.04 Å². The summed E-state index contributed by atoms with van der Waals surface area (Å²) >= 11 is 0. The van der Waals surface area contributed by atoms with Crippen LogP contribution in [0.2, 0.25) is 0 Å². The lowest BCUT2D eigenvalue weighted by molar-refractivity contribution is -0.384. The first-order chi connectivity index (χ1) is 17.0. The van der Waals surface area contributed by atoms with E-state index in [1.807, 2.05) is 60.7 Å². The second-order valence-corrected chi connectivity index (χ2v) is 8.38. The fraction of sp³-hybridized carbons (Fsp3) is 0.259. The zero-order valence-corrected chi connectivity index (χ0v) is 19.2. The standard InChI is InChI=1S/C27H27N3O5/c31-26(25(21-7-3-1-4-8-21)22-9-5-2-6-10-22)28-24(27(32)29-15-17-35-18-16-29)19-20-11-13-23(14-12-20)30(33)34/h1-14,24-25H,15-19H2,(H,28,31)/t24-/m0/s1. The molecule has 0 aromatic heterocycles. The van der Waals surface area contributed by atoms with Crippen LogP contribution in [0.1, 0.15) is 22.6 Å². The Hall–Kier alpha value is -4.04. The van der Waals surface area contributed by atoms with Crippen molar-refractivity contribution >= 4 is 17.5 Å². The van der Waals surface area contributed by atoms with Crippen LogP contribution < -0.4 is 5.32 Å². The van der Waals surface area contributed by atoms with Gasteiger partial charge in [-0.05, 0) is 16.7 Å². The van der Waals surface area contributed by atoms with Gasteiger partial charge in [-0.3, -0.25) is 19.7 Å². The number of benzene rings is 3. The minimum atomic E-state index is -0.822. The number of morpholine rings is 1. The number of nitrogens with zero attached hydrogens (tertiary/aromatic N) is 2. The van der Waals surface area contributed by atoms with E-state index in [1.54, 1.807) is 17.0 Å². The number of rotatable bonds is 8. The van der Waals surface area contributed by atoms with E-state index in [4.69, 9.17) is 4.74 Å². The van der Waals surface area contributed by atoms with E-state index in [-0.39, 0.29) is 23.9 Å². The zero-order valence-electron chi connectivity index (χ0n) is 19.2. The summed E-state index contributed by atoms with van der Waals surface area (Å²) in [6, 6.07) is 24.1. The van der Waals surface area contributed by atoms with Gasteiger partial charge in [0.05, 0.1) is 24.1 Å². The van der Waals surface area contributed by atoms with Gasteiger partial charge in [-0.25, -0.2) is 0 Å². The second kappa shape index (κ2) is 11.4. The van der Waals surface area contributed by atoms with Crippen molar-refractivity contribution in [3.8, 4) is 0 Å². The van der Waals surface area contributed by atoms with Crippen molar-refractivity contribution in [1.82, 2.24) is 10.2 Å². The molecule has 35 heavy (non-hydrogen) atoms. The number of hydrogen-bond acceptors (Lipinski definition) is 5. The molecule has 8 heteroatoms. The Morgan fingerprint density at radius 3 is 1.94 bits per heavy atom. The lowest BCUT2D eigenvalue weighted by Crippen LogP contribution is -2.53. The second-order valence-electron chi connectivity index (χ2n) is 8.38. The number of carbonyl (C=O) groups is 2. The first-order valence-electron chi connectivity index (χ1n) is 11.5. The lowest BCUT2D eigenvalue weighted by Gasteiger charge is -2.31. The fourth-order valence-corrected chi connectivity index (χ4v) is 4.23. The van der Waals surface area contributed by atoms with Crippen molar-refractivity contribution in [1.29, 1.82) is 0 Å². The van der Waals surface area contributed by atoms with E-state index in [0.29, 0.717) is 26.3 Å². The van der Waals surface area contributed by atoms with Crippen molar-refractivity contribution in [3.63, 3.8) is 0 Å². The van der Waals surface area contributed by atoms with Crippen LogP contribution in [-0.2, 0) is 20.7 Å². The molecular weight excluding hydrogens is 446 g/mol. The minimum Gasteiger partial charge on any atom is -0.378 e. The van der Waals surface area contributed by atoms with Crippen LogP contribution in [0.15, 0.2) is 84.9 Å². The van der Waals surface area contributed by atoms with Crippen LogP contribution in [0.3, 0.4) is 0 Å². The van der Waals surface area contributed by atoms with Crippen LogP contribution in [0, 0.1) is 10.1 Å². The number of nitro groups is 1. The number of nitrogens with one attached hydrogen (secondary N) is 1. The Balaban J connectivity index is 1.61. The number of carbonyl (C=O) groups excluding carboxylic acids is 2. The smallest absolute Gasteiger partial charge is 0.269 e. The predicted molar refractivity (Wildman–Crippen MR) is 131 cm³/mol. The molecule has 1 fully saturated rings. The molecule has 1 saturated heterocycles. The quantitative estimate of drug-likeness (QED) is 0.400. The summed E-state index contributed by atoms with van der Waals surface area (Å²) < 4.78 is 5.37. The normalized spacial score (nSPS) is 14.4. The number of nitro benzene ring substituents is 1. The monoisotopic (exact) mass is 473 g/mol. The Morgan fingerprint density at radius 1 is 0.886 bits per heavy atom. The summed E-state index contributed by atoms with van der Waals surface area (Å²) in [6.07, 6.45) is 0.218. The van der Waals surface area contributed by atoms with Gasteiger partial charge in [-0.2, -0.15) is 0 Å². The molecular formula is C27H27N3O5. The molecule has 1 aliphatic heterocycles. The Morgan fingerprint density at radius 2 is 1.43 bits per heavy atom. The van der Waals surface area contributed by atoms with Crippen LogP contribution in [-0.4, -0.2) is 54.0 Å². The van der Waals surface area contributed by atoms with Crippen molar-refractivity contribution in [2.45, 2.75) is 18.4 Å². The summed E-state index contributed by atoms with van der Waals surface area (Å²) in [5, 5.41) is 14.0. The fourth-order valence-electron chi connectivity index (χ4n) is 4.23. The topological polar surface area (TPSA) is 102 Å². The third kappa shape index (κ3) is 6.10. The summed E-state index contributed by atoms with van der Waals surface area (Å²) in [7, 11) is 0. The largest absolute Gasteiger partial charge is 0.378 e. The molecule has 0 spiro atoms. The highest BCUT2D eigenvalue weighted by Crippen LogP contribution is 2.25. The van der Waals surface area contributed by atoms with Crippen LogP contribution in [0.5, 0.6) is 0 Å². The molecule has 8 nitrogen and oxygen atoms in total. The molecule has 2 amide bonds. The number of hydrogen-bond donors (Lipinski definition) is 1. The highest BCUT2D eigenvalue weighted by atomic mass is 16.6. The van der Waals surface area contributed by atoms with Gasteiger partial charge in [0.15, 0.2) is 0 Å². The molecule has 0 bridgehead atoms. The maximum atomic E-state index is 13.7. The maximum Gasteiger partial charge on any atom is 0.269 e. The summed E-state index contributed by atoms with van der Waals surface area (Å²) in [4.78, 5) is 39.4. The average Bonchev–Trinajstić information content (AvgIpc) is 2.90. The van der Waals surface area contributed by atoms with Gasteiger partial charge in [-0.15, -0.1) is 0 Å². The summed E-state index contributed by atoms with van der Waals surface area (Å²) in [5.41, 5.74) is 2.34. The molecule has 0 aliphatic carbocycles. The minimum absolute atomic E-state index is 0.0259. The molecule has 0 radical (unpaired) electrons. The third-order valence-corrected chi connectivity index (χ3v) is 6.05. The first kappa shape index (κ1) is 24.1. The summed E-state index contributed by atoms with van der Waals surface area (Å²) in [5.74, 6) is -1.06. The molecule has 3 aromatic carbocycles. The number of ether oxygens (including phenoxy) is 1. The molecule has 1 heterocycles.